The van der Waals surface area contributed by atoms with Gasteiger partial charge in [0.2, 0.25) is 5.91 Å². The molecular formula is C20H18F3N3O3. The van der Waals surface area contributed by atoms with Crippen molar-refractivity contribution in [2.75, 3.05) is 5.43 Å². The van der Waals surface area contributed by atoms with Crippen molar-refractivity contribution in [3.05, 3.63) is 70.3 Å². The quantitative estimate of drug-likeness (QED) is 0.681. The monoisotopic (exact) mass is 405 g/mol. The fraction of sp³-hybridized carbons (Fsp3) is 0.250. The van der Waals surface area contributed by atoms with Crippen molar-refractivity contribution >= 4 is 16.8 Å². The molecule has 0 radical (unpaired) electrons. The summed E-state index contributed by atoms with van der Waals surface area (Å²) in [6, 6.07) is 12.6. The van der Waals surface area contributed by atoms with Gasteiger partial charge >= 0.3 is 6.36 Å². The number of ether oxygens (including phenoxy) is 1. The number of nitrogens with one attached hydrogen (secondary N) is 1. The molecule has 3 aromatic rings. The van der Waals surface area contributed by atoms with E-state index in [-0.39, 0.29) is 29.6 Å². The van der Waals surface area contributed by atoms with Crippen LogP contribution in [0.3, 0.4) is 0 Å². The molecule has 1 heterocycles. The fourth-order valence-corrected chi connectivity index (χ4v) is 2.89. The Bertz CT molecular complexity index is 1080. The Morgan fingerprint density at radius 2 is 1.86 bits per heavy atom. The second kappa shape index (κ2) is 8.34. The summed E-state index contributed by atoms with van der Waals surface area (Å²) in [5, 5.41) is -0.0911. The number of carbonyl (C=O) groups is 1. The number of aromatic nitrogens is 2. The van der Waals surface area contributed by atoms with Crippen LogP contribution in [0.25, 0.3) is 10.9 Å². The van der Waals surface area contributed by atoms with Gasteiger partial charge in [0.25, 0.3) is 5.56 Å². The van der Waals surface area contributed by atoms with Gasteiger partial charge in [0, 0.05) is 6.42 Å². The van der Waals surface area contributed by atoms with Crippen molar-refractivity contribution in [1.82, 2.24) is 9.66 Å². The molecule has 3 rings (SSSR count). The third-order valence-corrected chi connectivity index (χ3v) is 4.07. The highest BCUT2D eigenvalue weighted by molar-refractivity contribution is 5.87. The second-order valence-electron chi connectivity index (χ2n) is 6.32. The summed E-state index contributed by atoms with van der Waals surface area (Å²) in [4.78, 5) is 29.5. The minimum Gasteiger partial charge on any atom is -0.403 e. The lowest BCUT2D eigenvalue weighted by Crippen LogP contribution is -2.37. The summed E-state index contributed by atoms with van der Waals surface area (Å²) in [6.07, 6.45) is -4.04. The molecule has 6 nitrogen and oxygen atoms in total. The maximum Gasteiger partial charge on any atom is 0.573 e. The molecule has 0 atom stereocenters. The van der Waals surface area contributed by atoms with E-state index in [1.54, 1.807) is 24.3 Å². The van der Waals surface area contributed by atoms with Crippen molar-refractivity contribution in [2.45, 2.75) is 32.5 Å². The molecule has 0 unspecified atom stereocenters. The van der Waals surface area contributed by atoms with Crippen LogP contribution in [0.1, 0.15) is 24.7 Å². The molecule has 0 saturated heterocycles. The van der Waals surface area contributed by atoms with Gasteiger partial charge in [-0.1, -0.05) is 43.3 Å². The number of para-hydroxylation sites is 1. The number of aryl methyl sites for hydroxylation is 1. The third kappa shape index (κ3) is 4.92. The van der Waals surface area contributed by atoms with Crippen molar-refractivity contribution < 1.29 is 22.7 Å². The summed E-state index contributed by atoms with van der Waals surface area (Å²) in [5.74, 6) is -0.864. The number of benzene rings is 2. The topological polar surface area (TPSA) is 73.2 Å². The summed E-state index contributed by atoms with van der Waals surface area (Å²) in [6.45, 7) is 1.82. The lowest BCUT2D eigenvalue weighted by Gasteiger charge is -2.16. The minimum absolute atomic E-state index is 0.0358. The lowest BCUT2D eigenvalue weighted by molar-refractivity contribution is -0.274. The first kappa shape index (κ1) is 20.4. The molecular weight excluding hydrogens is 387 g/mol. The molecule has 1 amide bonds. The summed E-state index contributed by atoms with van der Waals surface area (Å²) in [5.41, 5.74) is 2.39. The molecule has 29 heavy (non-hydrogen) atoms. The molecule has 9 heteroatoms. The van der Waals surface area contributed by atoms with Gasteiger partial charge in [-0.25, -0.2) is 9.66 Å². The predicted octanol–water partition coefficient (Wildman–Crippen LogP) is 3.56. The zero-order valence-corrected chi connectivity index (χ0v) is 15.5. The van der Waals surface area contributed by atoms with Gasteiger partial charge in [-0.2, -0.15) is 0 Å². The maximum atomic E-state index is 12.9. The molecule has 152 valence electrons. The van der Waals surface area contributed by atoms with Crippen LogP contribution in [0.2, 0.25) is 0 Å². The molecule has 1 aromatic heterocycles. The molecule has 1 N–H and O–H groups in total. The summed E-state index contributed by atoms with van der Waals surface area (Å²) in [7, 11) is 0. The fourth-order valence-electron chi connectivity index (χ4n) is 2.89. The predicted molar refractivity (Wildman–Crippen MR) is 101 cm³/mol. The number of hydrogen-bond acceptors (Lipinski definition) is 4. The largest absolute Gasteiger partial charge is 0.573 e. The zero-order chi connectivity index (χ0) is 21.0. The number of alkyl halides is 3. The van der Waals surface area contributed by atoms with Gasteiger partial charge in [-0.05, 0) is 24.1 Å². The number of halogens is 3. The van der Waals surface area contributed by atoms with Crippen molar-refractivity contribution in [2.24, 2.45) is 0 Å². The van der Waals surface area contributed by atoms with Gasteiger partial charge in [-0.15, -0.1) is 13.2 Å². The van der Waals surface area contributed by atoms with Gasteiger partial charge in [0.05, 0.1) is 11.8 Å². The summed E-state index contributed by atoms with van der Waals surface area (Å²) >= 11 is 0. The highest BCUT2D eigenvalue weighted by Gasteiger charge is 2.32. The Kier molecular flexibility index (Phi) is 5.86. The highest BCUT2D eigenvalue weighted by Crippen LogP contribution is 2.28. The van der Waals surface area contributed by atoms with E-state index in [9.17, 15) is 22.8 Å². The normalized spacial score (nSPS) is 11.4. The number of hydrogen-bond donors (Lipinski definition) is 1. The zero-order valence-electron chi connectivity index (χ0n) is 15.5. The smallest absolute Gasteiger partial charge is 0.403 e. The SMILES string of the molecule is CCCc1nc2c(OC(F)(F)F)cccc2c(=O)n1NC(=O)Cc1ccccc1. The van der Waals surface area contributed by atoms with E-state index in [1.165, 1.54) is 12.1 Å². The van der Waals surface area contributed by atoms with Crippen LogP contribution in [0.15, 0.2) is 53.3 Å². The number of carbonyl (C=O) groups excluding carboxylic acids is 1. The van der Waals surface area contributed by atoms with E-state index >= 15 is 0 Å². The van der Waals surface area contributed by atoms with Crippen molar-refractivity contribution in [1.29, 1.82) is 0 Å². The molecule has 0 aliphatic carbocycles. The molecule has 0 spiro atoms. The number of fused-ring (bicyclic) bond motifs is 1. The highest BCUT2D eigenvalue weighted by atomic mass is 19.4. The first-order valence-electron chi connectivity index (χ1n) is 8.92. The van der Waals surface area contributed by atoms with E-state index in [0.29, 0.717) is 6.42 Å². The average molecular weight is 405 g/mol. The Balaban J connectivity index is 2.02. The molecule has 2 aromatic carbocycles. The van der Waals surface area contributed by atoms with Crippen LogP contribution < -0.4 is 15.7 Å². The van der Waals surface area contributed by atoms with E-state index in [4.69, 9.17) is 0 Å². The average Bonchev–Trinajstić information content (AvgIpc) is 2.65. The first-order valence-corrected chi connectivity index (χ1v) is 8.92. The first-order chi connectivity index (χ1) is 13.8. The molecule has 0 saturated carbocycles. The van der Waals surface area contributed by atoms with E-state index in [1.807, 2.05) is 13.0 Å². The third-order valence-electron chi connectivity index (χ3n) is 4.07. The molecule has 0 aliphatic rings. The van der Waals surface area contributed by atoms with Gasteiger partial charge in [0.1, 0.15) is 11.3 Å². The van der Waals surface area contributed by atoms with Crippen molar-refractivity contribution in [3.8, 4) is 5.75 Å². The van der Waals surface area contributed by atoms with Crippen LogP contribution in [0.4, 0.5) is 13.2 Å². The maximum absolute atomic E-state index is 12.9. The second-order valence-corrected chi connectivity index (χ2v) is 6.32. The van der Waals surface area contributed by atoms with Gasteiger partial charge < -0.3 is 4.74 Å². The van der Waals surface area contributed by atoms with Crippen LogP contribution >= 0.6 is 0 Å². The Morgan fingerprint density at radius 3 is 2.52 bits per heavy atom. The number of nitrogens with zero attached hydrogens (tertiary/aromatic N) is 2. The Hall–Kier alpha value is -3.36. The molecule has 0 aliphatic heterocycles. The van der Waals surface area contributed by atoms with Crippen LogP contribution in [0, 0.1) is 0 Å². The van der Waals surface area contributed by atoms with E-state index in [2.05, 4.69) is 15.1 Å². The van der Waals surface area contributed by atoms with Crippen LogP contribution in [-0.4, -0.2) is 21.9 Å². The Labute approximate surface area is 163 Å². The van der Waals surface area contributed by atoms with E-state index < -0.39 is 23.6 Å². The minimum atomic E-state index is -4.92. The van der Waals surface area contributed by atoms with E-state index in [0.717, 1.165) is 16.3 Å². The number of amides is 1. The lowest BCUT2D eigenvalue weighted by atomic mass is 10.1. The van der Waals surface area contributed by atoms with Crippen molar-refractivity contribution in [3.63, 3.8) is 0 Å². The summed E-state index contributed by atoms with van der Waals surface area (Å²) < 4.78 is 43.1. The van der Waals surface area contributed by atoms with Gasteiger partial charge in [-0.3, -0.25) is 15.0 Å². The standard InChI is InChI=1S/C20H18F3N3O3/c1-2-7-16-24-18-14(10-6-11-15(18)29-20(21,22)23)19(28)26(16)25-17(27)12-13-8-4-3-5-9-13/h3-6,8-11H,2,7,12H2,1H3,(H,25,27). The Morgan fingerprint density at radius 1 is 1.14 bits per heavy atom. The van der Waals surface area contributed by atoms with Crippen LogP contribution in [0.5, 0.6) is 5.75 Å². The number of rotatable bonds is 6. The van der Waals surface area contributed by atoms with Gasteiger partial charge in [0.15, 0.2) is 5.75 Å². The molecule has 0 bridgehead atoms. The van der Waals surface area contributed by atoms with Crippen LogP contribution in [-0.2, 0) is 17.6 Å². The molecule has 0 fully saturated rings.